The van der Waals surface area contributed by atoms with Crippen molar-refractivity contribution in [2.75, 3.05) is 11.9 Å². The molecule has 27 heavy (non-hydrogen) atoms. The van der Waals surface area contributed by atoms with E-state index in [9.17, 15) is 14.4 Å². The molecule has 146 valence electrons. The van der Waals surface area contributed by atoms with Crippen molar-refractivity contribution in [3.8, 4) is 0 Å². The van der Waals surface area contributed by atoms with Gasteiger partial charge in [-0.15, -0.1) is 0 Å². The highest BCUT2D eigenvalue weighted by molar-refractivity contribution is 6.36. The van der Waals surface area contributed by atoms with Gasteiger partial charge in [-0.3, -0.25) is 14.4 Å². The summed E-state index contributed by atoms with van der Waals surface area (Å²) in [6.07, 6.45) is 3.37. The third kappa shape index (κ3) is 4.74. The Bertz CT molecular complexity index is 749. The molecule has 1 aromatic rings. The first-order valence-corrected chi connectivity index (χ1v) is 9.86. The Balaban J connectivity index is 1.54. The van der Waals surface area contributed by atoms with Crippen LogP contribution in [0.2, 0.25) is 10.0 Å². The summed E-state index contributed by atoms with van der Waals surface area (Å²) in [6.45, 7) is 1.86. The van der Waals surface area contributed by atoms with E-state index in [1.165, 1.54) is 13.0 Å². The SMILES string of the molecule is C[C@H](OC(=O)[C@H]1CC(=O)N(C2CCCC2)C1)C(=O)Nc1ccc(Cl)cc1Cl. The van der Waals surface area contributed by atoms with E-state index in [-0.39, 0.29) is 18.4 Å². The van der Waals surface area contributed by atoms with Crippen LogP contribution < -0.4 is 5.32 Å². The van der Waals surface area contributed by atoms with Gasteiger partial charge in [0.05, 0.1) is 16.6 Å². The molecular weight excluding hydrogens is 391 g/mol. The molecule has 0 radical (unpaired) electrons. The second kappa shape index (κ2) is 8.48. The molecule has 2 atom stereocenters. The van der Waals surface area contributed by atoms with E-state index in [1.54, 1.807) is 17.0 Å². The Kier molecular flexibility index (Phi) is 6.27. The number of carbonyl (C=O) groups excluding carboxylic acids is 3. The first-order valence-electron chi connectivity index (χ1n) is 9.11. The number of halogens is 2. The van der Waals surface area contributed by atoms with Gasteiger partial charge in [-0.2, -0.15) is 0 Å². The van der Waals surface area contributed by atoms with Crippen LogP contribution >= 0.6 is 23.2 Å². The Labute approximate surface area is 168 Å². The molecule has 8 heteroatoms. The highest BCUT2D eigenvalue weighted by atomic mass is 35.5. The van der Waals surface area contributed by atoms with Crippen LogP contribution in [0.3, 0.4) is 0 Å². The van der Waals surface area contributed by atoms with E-state index in [2.05, 4.69) is 5.32 Å². The predicted molar refractivity (Wildman–Crippen MR) is 103 cm³/mol. The van der Waals surface area contributed by atoms with E-state index in [1.807, 2.05) is 0 Å². The third-order valence-corrected chi connectivity index (χ3v) is 5.66. The summed E-state index contributed by atoms with van der Waals surface area (Å²) in [5, 5.41) is 3.36. The fourth-order valence-corrected chi connectivity index (χ4v) is 4.06. The molecule has 1 heterocycles. The molecular formula is C19H22Cl2N2O4. The smallest absolute Gasteiger partial charge is 0.312 e. The molecule has 0 unspecified atom stereocenters. The van der Waals surface area contributed by atoms with E-state index in [0.29, 0.717) is 22.3 Å². The summed E-state index contributed by atoms with van der Waals surface area (Å²) in [4.78, 5) is 38.7. The van der Waals surface area contributed by atoms with Crippen molar-refractivity contribution in [1.29, 1.82) is 0 Å². The zero-order chi connectivity index (χ0) is 19.6. The zero-order valence-corrected chi connectivity index (χ0v) is 16.6. The van der Waals surface area contributed by atoms with E-state index >= 15 is 0 Å². The lowest BCUT2D eigenvalue weighted by Gasteiger charge is -2.24. The van der Waals surface area contributed by atoms with Crippen molar-refractivity contribution in [3.63, 3.8) is 0 Å². The standard InChI is InChI=1S/C19H22Cl2N2O4/c1-11(18(25)22-16-7-6-13(20)9-15(16)21)27-19(26)12-8-17(24)23(10-12)14-4-2-3-5-14/h6-7,9,11-12,14H,2-5,8,10H2,1H3,(H,22,25)/t11-,12-/m0/s1. The maximum atomic E-state index is 12.4. The number of nitrogens with one attached hydrogen (secondary N) is 1. The number of nitrogens with zero attached hydrogens (tertiary/aromatic N) is 1. The van der Waals surface area contributed by atoms with Gasteiger partial charge < -0.3 is 15.0 Å². The molecule has 1 aromatic carbocycles. The summed E-state index contributed by atoms with van der Waals surface area (Å²) in [5.74, 6) is -1.54. The number of ether oxygens (including phenoxy) is 1. The molecule has 6 nitrogen and oxygen atoms in total. The topological polar surface area (TPSA) is 75.7 Å². The van der Waals surface area contributed by atoms with Crippen LogP contribution in [0.1, 0.15) is 39.0 Å². The van der Waals surface area contributed by atoms with Gasteiger partial charge in [0, 0.05) is 24.0 Å². The lowest BCUT2D eigenvalue weighted by molar-refractivity contribution is -0.157. The van der Waals surface area contributed by atoms with Crippen molar-refractivity contribution >= 4 is 46.7 Å². The number of likely N-dealkylation sites (tertiary alicyclic amines) is 1. The van der Waals surface area contributed by atoms with Gasteiger partial charge in [-0.05, 0) is 38.0 Å². The summed E-state index contributed by atoms with van der Waals surface area (Å²) >= 11 is 11.9. The predicted octanol–water partition coefficient (Wildman–Crippen LogP) is 3.65. The van der Waals surface area contributed by atoms with E-state index in [4.69, 9.17) is 27.9 Å². The Morgan fingerprint density at radius 1 is 1.26 bits per heavy atom. The second-order valence-electron chi connectivity index (χ2n) is 7.08. The molecule has 2 amide bonds. The molecule has 0 aromatic heterocycles. The first-order chi connectivity index (χ1) is 12.8. The molecule has 1 N–H and O–H groups in total. The van der Waals surface area contributed by atoms with Crippen LogP contribution in [0.25, 0.3) is 0 Å². The van der Waals surface area contributed by atoms with E-state index < -0.39 is 23.9 Å². The highest BCUT2D eigenvalue weighted by Crippen LogP contribution is 2.30. The lowest BCUT2D eigenvalue weighted by atomic mass is 10.1. The zero-order valence-electron chi connectivity index (χ0n) is 15.0. The molecule has 1 aliphatic heterocycles. The van der Waals surface area contributed by atoms with Crippen molar-refractivity contribution in [1.82, 2.24) is 4.90 Å². The van der Waals surface area contributed by atoms with Crippen molar-refractivity contribution < 1.29 is 19.1 Å². The second-order valence-corrected chi connectivity index (χ2v) is 7.92. The van der Waals surface area contributed by atoms with Crippen LogP contribution in [0, 0.1) is 5.92 Å². The summed E-state index contributed by atoms with van der Waals surface area (Å²) in [5.41, 5.74) is 0.386. The number of anilines is 1. The number of amides is 2. The van der Waals surface area contributed by atoms with Gasteiger partial charge in [0.2, 0.25) is 5.91 Å². The number of hydrogen-bond acceptors (Lipinski definition) is 4. The minimum Gasteiger partial charge on any atom is -0.452 e. The molecule has 1 saturated heterocycles. The van der Waals surface area contributed by atoms with Gasteiger partial charge in [-0.25, -0.2) is 0 Å². The fourth-order valence-electron chi connectivity index (χ4n) is 3.61. The van der Waals surface area contributed by atoms with Crippen molar-refractivity contribution in [2.24, 2.45) is 5.92 Å². The number of benzene rings is 1. The average molecular weight is 413 g/mol. The largest absolute Gasteiger partial charge is 0.452 e. The van der Waals surface area contributed by atoms with Crippen LogP contribution in [0.5, 0.6) is 0 Å². The quantitative estimate of drug-likeness (QED) is 0.748. The summed E-state index contributed by atoms with van der Waals surface area (Å²) < 4.78 is 5.29. The highest BCUT2D eigenvalue weighted by Gasteiger charge is 2.40. The summed E-state index contributed by atoms with van der Waals surface area (Å²) in [7, 11) is 0. The maximum absolute atomic E-state index is 12.4. The number of rotatable bonds is 5. The molecule has 2 fully saturated rings. The van der Waals surface area contributed by atoms with Crippen LogP contribution in [0.4, 0.5) is 5.69 Å². The number of carbonyl (C=O) groups is 3. The minimum absolute atomic E-state index is 0.00565. The molecule has 3 rings (SSSR count). The lowest BCUT2D eigenvalue weighted by Crippen LogP contribution is -2.36. The third-order valence-electron chi connectivity index (χ3n) is 5.11. The first kappa shape index (κ1) is 20.0. The van der Waals surface area contributed by atoms with Gasteiger partial charge in [-0.1, -0.05) is 36.0 Å². The normalized spacial score (nSPS) is 21.4. The van der Waals surface area contributed by atoms with Gasteiger partial charge in [0.25, 0.3) is 5.91 Å². The Morgan fingerprint density at radius 3 is 2.63 bits per heavy atom. The number of esters is 1. The monoisotopic (exact) mass is 412 g/mol. The molecule has 2 aliphatic rings. The minimum atomic E-state index is -1.00. The summed E-state index contributed by atoms with van der Waals surface area (Å²) in [6, 6.07) is 4.92. The molecule has 1 saturated carbocycles. The van der Waals surface area contributed by atoms with Crippen LogP contribution in [-0.4, -0.2) is 41.4 Å². The van der Waals surface area contributed by atoms with Gasteiger partial charge >= 0.3 is 5.97 Å². The van der Waals surface area contributed by atoms with Crippen LogP contribution in [-0.2, 0) is 19.1 Å². The van der Waals surface area contributed by atoms with Crippen LogP contribution in [0.15, 0.2) is 18.2 Å². The number of hydrogen-bond donors (Lipinski definition) is 1. The van der Waals surface area contributed by atoms with Crippen molar-refractivity contribution in [2.45, 2.75) is 51.2 Å². The average Bonchev–Trinajstić information content (AvgIpc) is 3.26. The van der Waals surface area contributed by atoms with Gasteiger partial charge in [0.15, 0.2) is 6.10 Å². The fraction of sp³-hybridized carbons (Fsp3) is 0.526. The van der Waals surface area contributed by atoms with Crippen molar-refractivity contribution in [3.05, 3.63) is 28.2 Å². The molecule has 1 aliphatic carbocycles. The molecule has 0 spiro atoms. The maximum Gasteiger partial charge on any atom is 0.312 e. The van der Waals surface area contributed by atoms with E-state index in [0.717, 1.165) is 25.7 Å². The Morgan fingerprint density at radius 2 is 1.96 bits per heavy atom. The van der Waals surface area contributed by atoms with Gasteiger partial charge in [0.1, 0.15) is 0 Å². The Hall–Kier alpha value is -1.79. The molecule has 0 bridgehead atoms.